The number of rotatable bonds is 7. The number of guanidine groups is 1. The van der Waals surface area contributed by atoms with Gasteiger partial charge in [-0.2, -0.15) is 0 Å². The summed E-state index contributed by atoms with van der Waals surface area (Å²) in [4.78, 5) is 9.28. The van der Waals surface area contributed by atoms with Crippen LogP contribution in [-0.4, -0.2) is 34.7 Å². The van der Waals surface area contributed by atoms with Crippen molar-refractivity contribution in [2.24, 2.45) is 12.0 Å². The Kier molecular flexibility index (Phi) is 6.47. The van der Waals surface area contributed by atoms with Crippen molar-refractivity contribution in [3.05, 3.63) is 60.2 Å². The second kappa shape index (κ2) is 9.21. The van der Waals surface area contributed by atoms with Gasteiger partial charge in [0, 0.05) is 13.6 Å². The van der Waals surface area contributed by atoms with E-state index in [9.17, 15) is 4.39 Å². The molecule has 1 heterocycles. The number of para-hydroxylation sites is 2. The van der Waals surface area contributed by atoms with Gasteiger partial charge < -0.3 is 19.9 Å². The molecular formula is C21H26FN5O. The average Bonchev–Trinajstić information content (AvgIpc) is 3.02. The van der Waals surface area contributed by atoms with Gasteiger partial charge in [-0.25, -0.2) is 14.4 Å². The molecule has 2 N–H and O–H groups in total. The number of fused-ring (bicyclic) bond motifs is 1. The zero-order valence-electron chi connectivity index (χ0n) is 16.4. The van der Waals surface area contributed by atoms with Crippen LogP contribution in [0.1, 0.15) is 19.7 Å². The number of hydrogen-bond acceptors (Lipinski definition) is 3. The Hall–Kier alpha value is -3.09. The second-order valence-corrected chi connectivity index (χ2v) is 6.53. The molecule has 0 aliphatic carbocycles. The lowest BCUT2D eigenvalue weighted by atomic mass is 10.3. The Morgan fingerprint density at radius 1 is 1.18 bits per heavy atom. The summed E-state index contributed by atoms with van der Waals surface area (Å²) < 4.78 is 20.8. The van der Waals surface area contributed by atoms with E-state index in [1.807, 2.05) is 45.2 Å². The molecule has 0 bridgehead atoms. The van der Waals surface area contributed by atoms with Gasteiger partial charge in [0.2, 0.25) is 0 Å². The van der Waals surface area contributed by atoms with Gasteiger partial charge in [0.25, 0.3) is 0 Å². The van der Waals surface area contributed by atoms with Gasteiger partial charge in [-0.1, -0.05) is 12.1 Å². The van der Waals surface area contributed by atoms with Crippen LogP contribution in [0.5, 0.6) is 5.75 Å². The van der Waals surface area contributed by atoms with Crippen LogP contribution in [0.4, 0.5) is 4.39 Å². The van der Waals surface area contributed by atoms with Crippen molar-refractivity contribution in [2.75, 3.05) is 13.1 Å². The number of ether oxygens (including phenoxy) is 1. The maximum absolute atomic E-state index is 13.0. The topological polar surface area (TPSA) is 63.5 Å². The molecule has 1 unspecified atom stereocenters. The fourth-order valence-electron chi connectivity index (χ4n) is 2.86. The van der Waals surface area contributed by atoms with Crippen LogP contribution < -0.4 is 15.4 Å². The van der Waals surface area contributed by atoms with Gasteiger partial charge in [0.05, 0.1) is 17.6 Å². The number of halogens is 1. The van der Waals surface area contributed by atoms with E-state index in [2.05, 4.69) is 25.2 Å². The van der Waals surface area contributed by atoms with Crippen molar-refractivity contribution in [2.45, 2.75) is 26.5 Å². The summed E-state index contributed by atoms with van der Waals surface area (Å²) in [6.45, 7) is 5.75. The summed E-state index contributed by atoms with van der Waals surface area (Å²) in [5.74, 6) is 1.96. The van der Waals surface area contributed by atoms with Crippen LogP contribution in [-0.2, 0) is 13.6 Å². The first-order valence-electron chi connectivity index (χ1n) is 9.41. The van der Waals surface area contributed by atoms with E-state index in [0.717, 1.165) is 23.4 Å². The summed E-state index contributed by atoms with van der Waals surface area (Å²) in [6, 6.07) is 14.1. The van der Waals surface area contributed by atoms with Crippen LogP contribution in [0.25, 0.3) is 11.0 Å². The molecular weight excluding hydrogens is 357 g/mol. The smallest absolute Gasteiger partial charge is 0.191 e. The summed E-state index contributed by atoms with van der Waals surface area (Å²) in [7, 11) is 2.00. The highest BCUT2D eigenvalue weighted by atomic mass is 19.1. The van der Waals surface area contributed by atoms with Gasteiger partial charge in [0.15, 0.2) is 5.96 Å². The molecule has 1 aromatic heterocycles. The quantitative estimate of drug-likeness (QED) is 0.486. The first-order valence-corrected chi connectivity index (χ1v) is 9.41. The Bertz CT molecular complexity index is 936. The Morgan fingerprint density at radius 3 is 2.64 bits per heavy atom. The van der Waals surface area contributed by atoms with E-state index < -0.39 is 0 Å². The maximum Gasteiger partial charge on any atom is 0.191 e. The number of nitrogens with one attached hydrogen (secondary N) is 2. The van der Waals surface area contributed by atoms with E-state index >= 15 is 0 Å². The molecule has 0 saturated heterocycles. The van der Waals surface area contributed by atoms with Crippen LogP contribution >= 0.6 is 0 Å². The Labute approximate surface area is 164 Å². The third-order valence-corrected chi connectivity index (χ3v) is 4.31. The molecule has 0 fully saturated rings. The molecule has 6 nitrogen and oxygen atoms in total. The fraction of sp³-hybridized carbons (Fsp3) is 0.333. The second-order valence-electron chi connectivity index (χ2n) is 6.53. The van der Waals surface area contributed by atoms with Gasteiger partial charge in [0.1, 0.15) is 30.0 Å². The Balaban J connectivity index is 1.60. The predicted octanol–water partition coefficient (Wildman–Crippen LogP) is 3.24. The summed E-state index contributed by atoms with van der Waals surface area (Å²) in [5.41, 5.74) is 2.06. The molecule has 0 radical (unpaired) electrons. The van der Waals surface area contributed by atoms with Crippen LogP contribution in [0.2, 0.25) is 0 Å². The number of aliphatic imine (C=N–C) groups is 1. The summed E-state index contributed by atoms with van der Waals surface area (Å²) in [6.07, 6.45) is -0.106. The SMILES string of the molecule is CCNC(=NCc1nc2ccccc2n1C)NCC(C)Oc1ccc(F)cc1. The lowest BCUT2D eigenvalue weighted by Gasteiger charge is -2.17. The normalized spacial score (nSPS) is 12.8. The van der Waals surface area contributed by atoms with E-state index in [1.54, 1.807) is 12.1 Å². The van der Waals surface area contributed by atoms with Crippen LogP contribution in [0, 0.1) is 5.82 Å². The van der Waals surface area contributed by atoms with Crippen molar-refractivity contribution >= 4 is 17.0 Å². The lowest BCUT2D eigenvalue weighted by molar-refractivity contribution is 0.223. The molecule has 0 amide bonds. The highest BCUT2D eigenvalue weighted by molar-refractivity contribution is 5.80. The van der Waals surface area contributed by atoms with Crippen molar-refractivity contribution in [3.63, 3.8) is 0 Å². The van der Waals surface area contributed by atoms with Crippen molar-refractivity contribution in [3.8, 4) is 5.75 Å². The van der Waals surface area contributed by atoms with Gasteiger partial charge in [-0.05, 0) is 50.2 Å². The molecule has 3 aromatic rings. The molecule has 0 aliphatic rings. The van der Waals surface area contributed by atoms with E-state index in [-0.39, 0.29) is 11.9 Å². The minimum absolute atomic E-state index is 0.106. The Morgan fingerprint density at radius 2 is 1.93 bits per heavy atom. The number of imidazole rings is 1. The molecule has 0 saturated carbocycles. The van der Waals surface area contributed by atoms with Crippen LogP contribution in [0.3, 0.4) is 0 Å². The largest absolute Gasteiger partial charge is 0.489 e. The number of aryl methyl sites for hydroxylation is 1. The number of hydrogen-bond donors (Lipinski definition) is 2. The van der Waals surface area contributed by atoms with Crippen molar-refractivity contribution in [1.82, 2.24) is 20.2 Å². The highest BCUT2D eigenvalue weighted by Crippen LogP contribution is 2.15. The average molecular weight is 383 g/mol. The molecule has 7 heteroatoms. The van der Waals surface area contributed by atoms with Gasteiger partial charge in [-0.15, -0.1) is 0 Å². The standard InChI is InChI=1S/C21H26FN5O/c1-4-23-21(24-13-15(2)28-17-11-9-16(22)10-12-17)25-14-20-26-18-7-5-6-8-19(18)27(20)3/h5-12,15H,4,13-14H2,1-3H3,(H2,23,24,25). The highest BCUT2D eigenvalue weighted by Gasteiger charge is 2.09. The molecule has 0 aliphatic heterocycles. The zero-order chi connectivity index (χ0) is 19.9. The van der Waals surface area contributed by atoms with Crippen LogP contribution in [0.15, 0.2) is 53.5 Å². The van der Waals surface area contributed by atoms with Gasteiger partial charge >= 0.3 is 0 Å². The third kappa shape index (κ3) is 5.00. The maximum atomic E-state index is 13.0. The number of benzene rings is 2. The number of nitrogens with zero attached hydrogens (tertiary/aromatic N) is 3. The molecule has 2 aromatic carbocycles. The van der Waals surface area contributed by atoms with E-state index in [4.69, 9.17) is 4.74 Å². The summed E-state index contributed by atoms with van der Waals surface area (Å²) in [5, 5.41) is 6.51. The lowest BCUT2D eigenvalue weighted by Crippen LogP contribution is -2.41. The number of aromatic nitrogens is 2. The fourth-order valence-corrected chi connectivity index (χ4v) is 2.86. The van der Waals surface area contributed by atoms with E-state index in [0.29, 0.717) is 24.8 Å². The molecule has 3 rings (SSSR count). The van der Waals surface area contributed by atoms with Crippen molar-refractivity contribution in [1.29, 1.82) is 0 Å². The summed E-state index contributed by atoms with van der Waals surface area (Å²) >= 11 is 0. The third-order valence-electron chi connectivity index (χ3n) is 4.31. The predicted molar refractivity (Wildman–Crippen MR) is 110 cm³/mol. The first kappa shape index (κ1) is 19.7. The molecule has 148 valence electrons. The van der Waals surface area contributed by atoms with Crippen molar-refractivity contribution < 1.29 is 9.13 Å². The molecule has 28 heavy (non-hydrogen) atoms. The van der Waals surface area contributed by atoms with Gasteiger partial charge in [-0.3, -0.25) is 0 Å². The molecule has 0 spiro atoms. The molecule has 1 atom stereocenters. The first-order chi connectivity index (χ1) is 13.6. The minimum Gasteiger partial charge on any atom is -0.489 e. The van der Waals surface area contributed by atoms with E-state index in [1.165, 1.54) is 12.1 Å². The zero-order valence-corrected chi connectivity index (χ0v) is 16.4. The monoisotopic (exact) mass is 383 g/mol. The minimum atomic E-state index is -0.276.